The molecule has 4 heteroatoms. The lowest BCUT2D eigenvalue weighted by Crippen LogP contribution is -2.39. The van der Waals surface area contributed by atoms with Gasteiger partial charge in [-0.15, -0.1) is 11.8 Å². The molecule has 0 aliphatic carbocycles. The standard InChI is InChI=1S/C11H24N2OS/c1-6-13(7-2)10(14)9(3)15-8-11(4,5)12/h9H,6-8,12H2,1-5H3. The minimum atomic E-state index is -0.206. The summed E-state index contributed by atoms with van der Waals surface area (Å²) in [6, 6.07) is 0. The maximum atomic E-state index is 11.9. The number of amides is 1. The second-order valence-corrected chi connectivity index (χ2v) is 5.78. The molecule has 0 radical (unpaired) electrons. The summed E-state index contributed by atoms with van der Waals surface area (Å²) >= 11 is 1.63. The lowest BCUT2D eigenvalue weighted by atomic mass is 10.1. The molecule has 1 unspecified atom stereocenters. The van der Waals surface area contributed by atoms with Crippen molar-refractivity contribution in [1.29, 1.82) is 0 Å². The van der Waals surface area contributed by atoms with E-state index in [9.17, 15) is 4.79 Å². The van der Waals surface area contributed by atoms with Gasteiger partial charge < -0.3 is 10.6 Å². The Morgan fingerprint density at radius 2 is 1.87 bits per heavy atom. The van der Waals surface area contributed by atoms with E-state index in [2.05, 4.69) is 0 Å². The highest BCUT2D eigenvalue weighted by atomic mass is 32.2. The van der Waals surface area contributed by atoms with E-state index in [-0.39, 0.29) is 16.7 Å². The van der Waals surface area contributed by atoms with Crippen molar-refractivity contribution in [2.45, 2.75) is 45.4 Å². The normalized spacial score (nSPS) is 13.7. The van der Waals surface area contributed by atoms with Gasteiger partial charge in [0.15, 0.2) is 0 Å². The van der Waals surface area contributed by atoms with Crippen molar-refractivity contribution in [1.82, 2.24) is 4.90 Å². The number of carbonyl (C=O) groups excluding carboxylic acids is 1. The van der Waals surface area contributed by atoms with E-state index in [4.69, 9.17) is 5.73 Å². The molecule has 90 valence electrons. The third-order valence-corrected chi connectivity index (χ3v) is 3.74. The summed E-state index contributed by atoms with van der Waals surface area (Å²) in [4.78, 5) is 13.7. The summed E-state index contributed by atoms with van der Waals surface area (Å²) in [6.07, 6.45) is 0. The number of nitrogens with two attached hydrogens (primary N) is 1. The second kappa shape index (κ2) is 6.38. The van der Waals surface area contributed by atoms with Crippen LogP contribution >= 0.6 is 11.8 Å². The van der Waals surface area contributed by atoms with Crippen LogP contribution in [0.1, 0.15) is 34.6 Å². The van der Waals surface area contributed by atoms with Gasteiger partial charge in [0, 0.05) is 24.4 Å². The van der Waals surface area contributed by atoms with Crippen molar-refractivity contribution in [3.05, 3.63) is 0 Å². The first-order valence-electron chi connectivity index (χ1n) is 5.51. The number of rotatable bonds is 6. The van der Waals surface area contributed by atoms with E-state index in [1.807, 2.05) is 39.5 Å². The van der Waals surface area contributed by atoms with Crippen molar-refractivity contribution < 1.29 is 4.79 Å². The van der Waals surface area contributed by atoms with Gasteiger partial charge in [0.1, 0.15) is 0 Å². The lowest BCUT2D eigenvalue weighted by molar-refractivity contribution is -0.129. The molecule has 0 aliphatic rings. The lowest BCUT2D eigenvalue weighted by Gasteiger charge is -2.25. The van der Waals surface area contributed by atoms with E-state index in [1.165, 1.54) is 0 Å². The highest BCUT2D eigenvalue weighted by Gasteiger charge is 2.21. The molecule has 1 atom stereocenters. The third-order valence-electron chi connectivity index (χ3n) is 2.13. The van der Waals surface area contributed by atoms with Crippen molar-refractivity contribution >= 4 is 17.7 Å². The first kappa shape index (κ1) is 14.8. The van der Waals surface area contributed by atoms with E-state index in [0.717, 1.165) is 18.8 Å². The molecule has 0 aromatic carbocycles. The Bertz CT molecular complexity index is 197. The van der Waals surface area contributed by atoms with Crippen LogP contribution in [-0.2, 0) is 4.79 Å². The van der Waals surface area contributed by atoms with Crippen LogP contribution in [0.4, 0.5) is 0 Å². The minimum Gasteiger partial charge on any atom is -0.342 e. The maximum absolute atomic E-state index is 11.9. The monoisotopic (exact) mass is 232 g/mol. The van der Waals surface area contributed by atoms with E-state index < -0.39 is 0 Å². The van der Waals surface area contributed by atoms with Crippen LogP contribution < -0.4 is 5.73 Å². The minimum absolute atomic E-state index is 0.00715. The fourth-order valence-corrected chi connectivity index (χ4v) is 2.17. The van der Waals surface area contributed by atoms with Crippen LogP contribution in [-0.4, -0.2) is 40.4 Å². The SMILES string of the molecule is CCN(CC)C(=O)C(C)SCC(C)(C)N. The van der Waals surface area contributed by atoms with Crippen molar-refractivity contribution in [3.8, 4) is 0 Å². The van der Waals surface area contributed by atoms with E-state index in [1.54, 1.807) is 11.8 Å². The summed E-state index contributed by atoms with van der Waals surface area (Å²) in [6.45, 7) is 11.5. The molecule has 2 N–H and O–H groups in total. The van der Waals surface area contributed by atoms with Crippen molar-refractivity contribution in [2.24, 2.45) is 5.73 Å². The largest absolute Gasteiger partial charge is 0.342 e. The average molecular weight is 232 g/mol. The molecule has 0 aliphatic heterocycles. The van der Waals surface area contributed by atoms with Crippen LogP contribution in [0.3, 0.4) is 0 Å². The molecule has 0 rings (SSSR count). The fraction of sp³-hybridized carbons (Fsp3) is 0.909. The molecule has 15 heavy (non-hydrogen) atoms. The molecule has 3 nitrogen and oxygen atoms in total. The van der Waals surface area contributed by atoms with Gasteiger partial charge in [0.05, 0.1) is 5.25 Å². The highest BCUT2D eigenvalue weighted by molar-refractivity contribution is 8.00. The molecular formula is C11H24N2OS. The molecule has 0 aromatic heterocycles. The predicted octanol–water partition coefficient (Wildman–Crippen LogP) is 1.71. The molecule has 0 bridgehead atoms. The quantitative estimate of drug-likeness (QED) is 0.758. The van der Waals surface area contributed by atoms with Gasteiger partial charge in [-0.3, -0.25) is 4.79 Å². The number of hydrogen-bond donors (Lipinski definition) is 1. The van der Waals surface area contributed by atoms with Crippen molar-refractivity contribution in [2.75, 3.05) is 18.8 Å². The molecule has 0 heterocycles. The number of nitrogens with zero attached hydrogens (tertiary/aromatic N) is 1. The Labute approximate surface area is 97.8 Å². The first-order chi connectivity index (χ1) is 6.81. The van der Waals surface area contributed by atoms with Gasteiger partial charge in [-0.2, -0.15) is 0 Å². The second-order valence-electron chi connectivity index (χ2n) is 4.45. The Kier molecular flexibility index (Phi) is 6.29. The van der Waals surface area contributed by atoms with Gasteiger partial charge in [-0.05, 0) is 34.6 Å². The Morgan fingerprint density at radius 1 is 1.40 bits per heavy atom. The van der Waals surface area contributed by atoms with Crippen LogP contribution in [0, 0.1) is 0 Å². The van der Waals surface area contributed by atoms with Crippen molar-refractivity contribution in [3.63, 3.8) is 0 Å². The Morgan fingerprint density at radius 3 is 2.20 bits per heavy atom. The molecule has 0 fully saturated rings. The zero-order valence-corrected chi connectivity index (χ0v) is 11.4. The topological polar surface area (TPSA) is 46.3 Å². The van der Waals surface area contributed by atoms with Crippen LogP contribution in [0.5, 0.6) is 0 Å². The van der Waals surface area contributed by atoms with Gasteiger partial charge in [-0.25, -0.2) is 0 Å². The van der Waals surface area contributed by atoms with Gasteiger partial charge >= 0.3 is 0 Å². The molecule has 1 amide bonds. The van der Waals surface area contributed by atoms with Crippen LogP contribution in [0.2, 0.25) is 0 Å². The Hall–Kier alpha value is -0.220. The van der Waals surface area contributed by atoms with Gasteiger partial charge in [0.25, 0.3) is 0 Å². The molecule has 0 saturated carbocycles. The number of hydrogen-bond acceptors (Lipinski definition) is 3. The smallest absolute Gasteiger partial charge is 0.235 e. The third kappa shape index (κ3) is 6.05. The molecular weight excluding hydrogens is 208 g/mol. The highest BCUT2D eigenvalue weighted by Crippen LogP contribution is 2.17. The fourth-order valence-electron chi connectivity index (χ4n) is 1.20. The Balaban J connectivity index is 4.09. The number of carbonyl (C=O) groups is 1. The summed E-state index contributed by atoms with van der Waals surface area (Å²) in [5, 5.41) is 0.00715. The van der Waals surface area contributed by atoms with Gasteiger partial charge in [0.2, 0.25) is 5.91 Å². The zero-order valence-electron chi connectivity index (χ0n) is 10.5. The summed E-state index contributed by atoms with van der Waals surface area (Å²) in [7, 11) is 0. The average Bonchev–Trinajstić information content (AvgIpc) is 2.14. The zero-order chi connectivity index (χ0) is 12.1. The van der Waals surface area contributed by atoms with Gasteiger partial charge in [-0.1, -0.05) is 0 Å². The molecule has 0 spiro atoms. The molecule has 0 saturated heterocycles. The number of thioether (sulfide) groups is 1. The first-order valence-corrected chi connectivity index (χ1v) is 6.56. The molecule has 0 aromatic rings. The summed E-state index contributed by atoms with van der Waals surface area (Å²) in [5.41, 5.74) is 5.67. The van der Waals surface area contributed by atoms with Crippen LogP contribution in [0.25, 0.3) is 0 Å². The summed E-state index contributed by atoms with van der Waals surface area (Å²) < 4.78 is 0. The summed E-state index contributed by atoms with van der Waals surface area (Å²) in [5.74, 6) is 1.02. The maximum Gasteiger partial charge on any atom is 0.235 e. The van der Waals surface area contributed by atoms with Crippen LogP contribution in [0.15, 0.2) is 0 Å². The predicted molar refractivity (Wildman–Crippen MR) is 68.1 cm³/mol. The van der Waals surface area contributed by atoms with E-state index in [0.29, 0.717) is 0 Å². The van der Waals surface area contributed by atoms with E-state index >= 15 is 0 Å².